The zero-order chi connectivity index (χ0) is 37.9. The van der Waals surface area contributed by atoms with Crippen molar-refractivity contribution in [3.8, 4) is 0 Å². The Morgan fingerprint density at radius 2 is 1.48 bits per heavy atom. The average molecular weight is 733 g/mol. The van der Waals surface area contributed by atoms with Crippen LogP contribution in [-0.2, 0) is 47.6 Å². The van der Waals surface area contributed by atoms with E-state index in [9.17, 15) is 24.0 Å². The first-order valence-corrected chi connectivity index (χ1v) is 19.0. The summed E-state index contributed by atoms with van der Waals surface area (Å²) in [5, 5.41) is 5.86. The monoisotopic (exact) mass is 732 g/mol. The first-order chi connectivity index (χ1) is 25.0. The number of carbonyl (C=O) groups is 5. The normalized spacial score (nSPS) is 25.6. The molecule has 0 radical (unpaired) electrons. The number of carbonyl (C=O) groups excluding carboxylic acids is 5. The summed E-state index contributed by atoms with van der Waals surface area (Å²) in [6.07, 6.45) is 4.24. The number of nitrogens with one attached hydrogen (secondary N) is 2. The van der Waals surface area contributed by atoms with E-state index in [4.69, 9.17) is 28.4 Å². The maximum Gasteiger partial charge on any atom is 0.338 e. The van der Waals surface area contributed by atoms with Gasteiger partial charge in [0.1, 0.15) is 24.0 Å². The molecule has 3 rings (SSSR count). The summed E-state index contributed by atoms with van der Waals surface area (Å²) < 4.78 is 35.7. The molecule has 2 saturated heterocycles. The smallest absolute Gasteiger partial charge is 0.338 e. The lowest BCUT2D eigenvalue weighted by molar-refractivity contribution is -0.249. The number of amides is 2. The predicted octanol–water partition coefficient (Wildman–Crippen LogP) is 4.83. The highest BCUT2D eigenvalue weighted by Gasteiger charge is 2.46. The molecule has 292 valence electrons. The van der Waals surface area contributed by atoms with Crippen LogP contribution in [0.4, 0.5) is 0 Å². The fraction of sp³-hybridized carbons (Fsp3) is 0.718. The van der Waals surface area contributed by atoms with E-state index < -0.39 is 36.5 Å². The van der Waals surface area contributed by atoms with Crippen molar-refractivity contribution in [3.05, 3.63) is 35.9 Å². The second-order valence-corrected chi connectivity index (χ2v) is 13.7. The number of ketones is 1. The maximum atomic E-state index is 13.0. The van der Waals surface area contributed by atoms with Crippen molar-refractivity contribution in [2.75, 3.05) is 26.4 Å². The third-order valence-electron chi connectivity index (χ3n) is 9.44. The van der Waals surface area contributed by atoms with Crippen LogP contribution in [0.3, 0.4) is 0 Å². The van der Waals surface area contributed by atoms with Crippen LogP contribution >= 0.6 is 0 Å². The van der Waals surface area contributed by atoms with E-state index in [0.29, 0.717) is 57.6 Å². The van der Waals surface area contributed by atoms with Gasteiger partial charge in [-0.25, -0.2) is 4.79 Å². The summed E-state index contributed by atoms with van der Waals surface area (Å²) in [5.74, 6) is -1.40. The lowest BCUT2D eigenvalue weighted by Crippen LogP contribution is -2.62. The molecule has 0 saturated carbocycles. The number of hydrogen-bond donors (Lipinski definition) is 2. The van der Waals surface area contributed by atoms with Crippen molar-refractivity contribution in [3.63, 3.8) is 0 Å². The van der Waals surface area contributed by atoms with Crippen molar-refractivity contribution < 1.29 is 52.4 Å². The fourth-order valence-corrected chi connectivity index (χ4v) is 6.54. The minimum Gasteiger partial charge on any atom is -0.457 e. The molecule has 52 heavy (non-hydrogen) atoms. The number of unbranched alkanes of at least 4 members (excludes halogenated alkanes) is 4. The third-order valence-corrected chi connectivity index (χ3v) is 9.44. The Hall–Kier alpha value is -3.39. The second kappa shape index (κ2) is 23.3. The molecule has 0 bridgehead atoms. The van der Waals surface area contributed by atoms with Crippen molar-refractivity contribution in [1.29, 1.82) is 0 Å². The highest BCUT2D eigenvalue weighted by atomic mass is 16.7. The topological polar surface area (TPSA) is 165 Å². The third kappa shape index (κ3) is 14.6. The molecular weight excluding hydrogens is 672 g/mol. The SMILES string of the molecule is CC[C@H]1OC[C@@H](OC(=O)CCC(C)=O)C1OCCCCCCNC(=O)CCCCO[C@@H]1O[C@H](CC)[C@H](C)[C@H](OC(=O)c2ccccc2)[C@H]1NC(C)=O. The summed E-state index contributed by atoms with van der Waals surface area (Å²) in [5.41, 5.74) is 0.428. The summed E-state index contributed by atoms with van der Waals surface area (Å²) in [6, 6.07) is 8.05. The molecule has 2 amide bonds. The van der Waals surface area contributed by atoms with Gasteiger partial charge in [-0.1, -0.05) is 51.8 Å². The van der Waals surface area contributed by atoms with Gasteiger partial charge in [-0.2, -0.15) is 0 Å². The number of esters is 2. The van der Waals surface area contributed by atoms with Gasteiger partial charge in [0.25, 0.3) is 0 Å². The molecule has 2 aliphatic rings. The zero-order valence-electron chi connectivity index (χ0n) is 31.6. The molecule has 2 fully saturated rings. The van der Waals surface area contributed by atoms with Gasteiger partial charge in [-0.15, -0.1) is 0 Å². The number of hydrogen-bond acceptors (Lipinski definition) is 11. The summed E-state index contributed by atoms with van der Waals surface area (Å²) in [4.78, 5) is 60.8. The molecule has 0 spiro atoms. The van der Waals surface area contributed by atoms with Crippen molar-refractivity contribution in [1.82, 2.24) is 10.6 Å². The van der Waals surface area contributed by atoms with Crippen LogP contribution in [0.1, 0.15) is 116 Å². The van der Waals surface area contributed by atoms with Crippen LogP contribution in [0, 0.1) is 5.92 Å². The molecule has 8 atom stereocenters. The zero-order valence-corrected chi connectivity index (χ0v) is 31.6. The van der Waals surface area contributed by atoms with Crippen LogP contribution in [-0.4, -0.2) is 98.8 Å². The Morgan fingerprint density at radius 1 is 0.788 bits per heavy atom. The van der Waals surface area contributed by atoms with Gasteiger partial charge in [-0.3, -0.25) is 14.4 Å². The minimum atomic E-state index is -0.806. The molecule has 1 aromatic rings. The van der Waals surface area contributed by atoms with Crippen molar-refractivity contribution >= 4 is 29.5 Å². The van der Waals surface area contributed by atoms with Gasteiger partial charge in [0.15, 0.2) is 12.4 Å². The molecule has 13 heteroatoms. The molecule has 13 nitrogen and oxygen atoms in total. The van der Waals surface area contributed by atoms with E-state index in [1.54, 1.807) is 24.3 Å². The quantitative estimate of drug-likeness (QED) is 0.117. The van der Waals surface area contributed by atoms with E-state index in [1.165, 1.54) is 13.8 Å². The van der Waals surface area contributed by atoms with E-state index in [-0.39, 0.29) is 54.7 Å². The number of benzene rings is 1. The lowest BCUT2D eigenvalue weighted by atomic mass is 9.87. The Balaban J connectivity index is 1.30. The summed E-state index contributed by atoms with van der Waals surface area (Å²) >= 11 is 0. The van der Waals surface area contributed by atoms with Crippen LogP contribution in [0.2, 0.25) is 0 Å². The van der Waals surface area contributed by atoms with Crippen molar-refractivity contribution in [2.45, 2.75) is 148 Å². The standard InChI is InChI=1S/C39H60N2O11/c1-6-30-27(4)36(52-38(46)29-17-11-10-12-18-29)35(41-28(5)43)39(51-30)48-24-16-13-19-33(44)40-22-14-8-9-15-23-47-37-31(7-2)49-25-32(37)50-34(45)21-20-26(3)42/h10-12,17-18,27,30-32,35-37,39H,6-9,13-16,19-25H2,1-5H3,(H,40,44)(H,41,43)/t27-,30+,31+,32+,35+,36-,37?,39+/m0/s1. The molecule has 2 aliphatic heterocycles. The van der Waals surface area contributed by atoms with Crippen LogP contribution in [0.25, 0.3) is 0 Å². The Morgan fingerprint density at radius 3 is 2.17 bits per heavy atom. The largest absolute Gasteiger partial charge is 0.457 e. The molecule has 1 aromatic carbocycles. The molecule has 1 unspecified atom stereocenters. The van der Waals surface area contributed by atoms with E-state index >= 15 is 0 Å². The number of rotatable bonds is 23. The van der Waals surface area contributed by atoms with Gasteiger partial charge in [0, 0.05) is 45.4 Å². The van der Waals surface area contributed by atoms with E-state index in [0.717, 1.165) is 32.1 Å². The van der Waals surface area contributed by atoms with Gasteiger partial charge in [0.2, 0.25) is 11.8 Å². The lowest BCUT2D eigenvalue weighted by Gasteiger charge is -2.45. The predicted molar refractivity (Wildman–Crippen MR) is 192 cm³/mol. The highest BCUT2D eigenvalue weighted by molar-refractivity contribution is 5.89. The highest BCUT2D eigenvalue weighted by Crippen LogP contribution is 2.31. The molecular formula is C39H60N2O11. The first kappa shape index (κ1) is 43.0. The van der Waals surface area contributed by atoms with Crippen LogP contribution in [0.15, 0.2) is 30.3 Å². The Labute approximate surface area is 308 Å². The molecule has 0 aromatic heterocycles. The maximum absolute atomic E-state index is 13.0. The van der Waals surface area contributed by atoms with E-state index in [1.807, 2.05) is 26.8 Å². The number of ether oxygens (including phenoxy) is 6. The summed E-state index contributed by atoms with van der Waals surface area (Å²) in [6.45, 7) is 10.5. The molecule has 2 heterocycles. The number of Topliss-reactive ketones (excluding diaryl/α,β-unsaturated/α-hetero) is 1. The Bertz CT molecular complexity index is 1260. The van der Waals surface area contributed by atoms with Gasteiger partial charge in [-0.05, 0) is 57.6 Å². The van der Waals surface area contributed by atoms with Gasteiger partial charge >= 0.3 is 11.9 Å². The fourth-order valence-electron chi connectivity index (χ4n) is 6.54. The molecule has 0 aliphatic carbocycles. The Kier molecular flexibility index (Phi) is 19.3. The average Bonchev–Trinajstić information content (AvgIpc) is 3.51. The minimum absolute atomic E-state index is 0.0168. The van der Waals surface area contributed by atoms with Gasteiger partial charge < -0.3 is 43.8 Å². The second-order valence-electron chi connectivity index (χ2n) is 13.7. The van der Waals surface area contributed by atoms with Crippen LogP contribution < -0.4 is 10.6 Å². The van der Waals surface area contributed by atoms with Crippen LogP contribution in [0.5, 0.6) is 0 Å². The molecule has 2 N–H and O–H groups in total. The van der Waals surface area contributed by atoms with Gasteiger partial charge in [0.05, 0.1) is 30.8 Å². The van der Waals surface area contributed by atoms with E-state index in [2.05, 4.69) is 10.6 Å². The first-order valence-electron chi connectivity index (χ1n) is 19.0. The van der Waals surface area contributed by atoms with Crippen molar-refractivity contribution in [2.24, 2.45) is 5.92 Å². The summed E-state index contributed by atoms with van der Waals surface area (Å²) in [7, 11) is 0.